The molecule has 0 atom stereocenters. The zero-order chi connectivity index (χ0) is 17.9. The molecule has 3 aromatic rings. The Morgan fingerprint density at radius 1 is 0.840 bits per heavy atom. The van der Waals surface area contributed by atoms with Gasteiger partial charge in [0.05, 0.1) is 5.69 Å². The van der Waals surface area contributed by atoms with Crippen molar-refractivity contribution in [1.29, 1.82) is 0 Å². The number of phenolic OH excluding ortho intramolecular Hbond substituents is 1. The molecule has 0 aliphatic heterocycles. The van der Waals surface area contributed by atoms with Crippen LogP contribution in [0.15, 0.2) is 66.9 Å². The molecule has 2 aromatic carbocycles. The molecule has 0 aliphatic rings. The van der Waals surface area contributed by atoms with Crippen molar-refractivity contribution in [1.82, 2.24) is 4.98 Å². The molecule has 3 rings (SSSR count). The van der Waals surface area contributed by atoms with Gasteiger partial charge < -0.3 is 5.11 Å². The summed E-state index contributed by atoms with van der Waals surface area (Å²) in [4.78, 5) is 4.32. The number of aromatic hydroxyl groups is 1. The van der Waals surface area contributed by atoms with Crippen LogP contribution in [0.3, 0.4) is 0 Å². The molecular weight excluding hydrogens is 306 g/mol. The number of nitrogens with zero attached hydrogens (tertiary/aromatic N) is 1. The zero-order valence-electron chi connectivity index (χ0n) is 14.9. The third-order valence-electron chi connectivity index (χ3n) is 4.23. The van der Waals surface area contributed by atoms with Crippen molar-refractivity contribution < 1.29 is 5.11 Å². The molecule has 0 spiro atoms. The first-order chi connectivity index (χ1) is 11.9. The maximum atomic E-state index is 10.4. The lowest BCUT2D eigenvalue weighted by atomic mass is 9.84. The Morgan fingerprint density at radius 3 is 2.32 bits per heavy atom. The summed E-state index contributed by atoms with van der Waals surface area (Å²) in [5.41, 5.74) is 5.05. The minimum Gasteiger partial charge on any atom is -0.507 e. The van der Waals surface area contributed by atoms with Crippen LogP contribution in [0.4, 0.5) is 0 Å². The van der Waals surface area contributed by atoms with Gasteiger partial charge in [-0.3, -0.25) is 4.98 Å². The quantitative estimate of drug-likeness (QED) is 0.647. The Hall–Kier alpha value is -2.87. The summed E-state index contributed by atoms with van der Waals surface area (Å²) in [7, 11) is 0. The molecule has 1 aromatic heterocycles. The normalized spacial score (nSPS) is 11.8. The standard InChI is InChI=1S/C23H23NO/c1-23(2,3)18-12-14-22(25)21(16-18)20-10-5-4-8-17(20)11-13-19-9-6-7-15-24-19/h4-16,25H,1-3H3. The van der Waals surface area contributed by atoms with E-state index in [0.29, 0.717) is 5.75 Å². The Balaban J connectivity index is 2.06. The van der Waals surface area contributed by atoms with E-state index < -0.39 is 0 Å². The first-order valence-electron chi connectivity index (χ1n) is 8.47. The van der Waals surface area contributed by atoms with Crippen LogP contribution < -0.4 is 0 Å². The highest BCUT2D eigenvalue weighted by Crippen LogP contribution is 2.36. The lowest BCUT2D eigenvalue weighted by Gasteiger charge is -2.21. The van der Waals surface area contributed by atoms with Crippen LogP contribution in [0.1, 0.15) is 37.6 Å². The average Bonchev–Trinajstić information content (AvgIpc) is 2.61. The topological polar surface area (TPSA) is 33.1 Å². The monoisotopic (exact) mass is 329 g/mol. The largest absolute Gasteiger partial charge is 0.507 e. The van der Waals surface area contributed by atoms with Crippen molar-refractivity contribution in [2.45, 2.75) is 26.2 Å². The first-order valence-corrected chi connectivity index (χ1v) is 8.47. The van der Waals surface area contributed by atoms with E-state index in [1.165, 1.54) is 5.56 Å². The van der Waals surface area contributed by atoms with Gasteiger partial charge in [0, 0.05) is 11.8 Å². The van der Waals surface area contributed by atoms with Crippen molar-refractivity contribution in [3.05, 3.63) is 83.7 Å². The SMILES string of the molecule is CC(C)(C)c1ccc(O)c(-c2ccccc2C=Cc2ccccn2)c1. The van der Waals surface area contributed by atoms with Crippen LogP contribution in [-0.4, -0.2) is 10.1 Å². The fraction of sp³-hybridized carbons (Fsp3) is 0.174. The van der Waals surface area contributed by atoms with Crippen molar-refractivity contribution in [3.63, 3.8) is 0 Å². The summed E-state index contributed by atoms with van der Waals surface area (Å²) in [5.74, 6) is 0.298. The van der Waals surface area contributed by atoms with Gasteiger partial charge in [0.1, 0.15) is 5.75 Å². The van der Waals surface area contributed by atoms with Crippen molar-refractivity contribution >= 4 is 12.2 Å². The van der Waals surface area contributed by atoms with Gasteiger partial charge >= 0.3 is 0 Å². The van der Waals surface area contributed by atoms with Gasteiger partial charge in [0.15, 0.2) is 0 Å². The summed E-state index contributed by atoms with van der Waals surface area (Å²) >= 11 is 0. The van der Waals surface area contributed by atoms with E-state index in [0.717, 1.165) is 22.4 Å². The van der Waals surface area contributed by atoms with E-state index in [4.69, 9.17) is 0 Å². The molecule has 0 aliphatic carbocycles. The molecule has 0 bridgehead atoms. The van der Waals surface area contributed by atoms with E-state index in [1.807, 2.05) is 54.6 Å². The van der Waals surface area contributed by atoms with E-state index in [2.05, 4.69) is 37.9 Å². The third kappa shape index (κ3) is 3.97. The van der Waals surface area contributed by atoms with Crippen molar-refractivity contribution in [2.75, 3.05) is 0 Å². The van der Waals surface area contributed by atoms with Crippen LogP contribution >= 0.6 is 0 Å². The van der Waals surface area contributed by atoms with Crippen LogP contribution in [0.2, 0.25) is 0 Å². The lowest BCUT2D eigenvalue weighted by molar-refractivity contribution is 0.476. The molecule has 2 nitrogen and oxygen atoms in total. The van der Waals surface area contributed by atoms with Gasteiger partial charge in [-0.1, -0.05) is 63.2 Å². The van der Waals surface area contributed by atoms with Crippen molar-refractivity contribution in [3.8, 4) is 16.9 Å². The van der Waals surface area contributed by atoms with Gasteiger partial charge in [0.25, 0.3) is 0 Å². The second kappa shape index (κ2) is 6.94. The van der Waals surface area contributed by atoms with E-state index in [-0.39, 0.29) is 5.41 Å². The van der Waals surface area contributed by atoms with Crippen molar-refractivity contribution in [2.24, 2.45) is 0 Å². The number of benzene rings is 2. The molecule has 126 valence electrons. The molecule has 1 N–H and O–H groups in total. The molecule has 0 saturated heterocycles. The fourth-order valence-electron chi connectivity index (χ4n) is 2.76. The van der Waals surface area contributed by atoms with Gasteiger partial charge in [-0.05, 0) is 52.4 Å². The fourth-order valence-corrected chi connectivity index (χ4v) is 2.76. The zero-order valence-corrected chi connectivity index (χ0v) is 14.9. The minimum absolute atomic E-state index is 0.0290. The number of rotatable bonds is 3. The van der Waals surface area contributed by atoms with Crippen LogP contribution in [-0.2, 0) is 5.41 Å². The summed E-state index contributed by atoms with van der Waals surface area (Å²) in [6, 6.07) is 19.8. The van der Waals surface area contributed by atoms with Gasteiger partial charge in [-0.15, -0.1) is 0 Å². The average molecular weight is 329 g/mol. The molecule has 0 fully saturated rings. The summed E-state index contributed by atoms with van der Waals surface area (Å²) in [6.07, 6.45) is 5.81. The maximum Gasteiger partial charge on any atom is 0.123 e. The molecule has 0 unspecified atom stereocenters. The van der Waals surface area contributed by atoms with Gasteiger partial charge in [-0.25, -0.2) is 0 Å². The molecular formula is C23H23NO. The number of pyridine rings is 1. The Morgan fingerprint density at radius 2 is 1.60 bits per heavy atom. The molecule has 0 saturated carbocycles. The van der Waals surface area contributed by atoms with E-state index in [9.17, 15) is 5.11 Å². The van der Waals surface area contributed by atoms with E-state index in [1.54, 1.807) is 12.3 Å². The Labute approximate surface area is 149 Å². The highest BCUT2D eigenvalue weighted by molar-refractivity contribution is 5.83. The van der Waals surface area contributed by atoms with Crippen LogP contribution in [0, 0.1) is 0 Å². The molecule has 0 radical (unpaired) electrons. The summed E-state index contributed by atoms with van der Waals surface area (Å²) < 4.78 is 0. The predicted octanol–water partition coefficient (Wildman–Crippen LogP) is 5.92. The van der Waals surface area contributed by atoms with Crippen LogP contribution in [0.5, 0.6) is 5.75 Å². The number of hydrogen-bond acceptors (Lipinski definition) is 2. The van der Waals surface area contributed by atoms with E-state index >= 15 is 0 Å². The van der Waals surface area contributed by atoms with Gasteiger partial charge in [0.2, 0.25) is 0 Å². The summed E-state index contributed by atoms with van der Waals surface area (Å²) in [5, 5.41) is 10.4. The highest BCUT2D eigenvalue weighted by Gasteiger charge is 2.16. The summed E-state index contributed by atoms with van der Waals surface area (Å²) in [6.45, 7) is 6.53. The number of hydrogen-bond donors (Lipinski definition) is 1. The molecule has 25 heavy (non-hydrogen) atoms. The maximum absolute atomic E-state index is 10.4. The smallest absolute Gasteiger partial charge is 0.123 e. The highest BCUT2D eigenvalue weighted by atomic mass is 16.3. The minimum atomic E-state index is 0.0290. The Bertz CT molecular complexity index is 889. The second-order valence-electron chi connectivity index (χ2n) is 7.16. The Kier molecular flexibility index (Phi) is 4.71. The molecule has 2 heteroatoms. The first kappa shape index (κ1) is 17.0. The predicted molar refractivity (Wildman–Crippen MR) is 105 cm³/mol. The van der Waals surface area contributed by atoms with Crippen LogP contribution in [0.25, 0.3) is 23.3 Å². The molecule has 0 amide bonds. The second-order valence-corrected chi connectivity index (χ2v) is 7.16. The number of aromatic nitrogens is 1. The lowest BCUT2D eigenvalue weighted by Crippen LogP contribution is -2.10. The number of phenols is 1. The van der Waals surface area contributed by atoms with Gasteiger partial charge in [-0.2, -0.15) is 0 Å². The molecule has 1 heterocycles. The third-order valence-corrected chi connectivity index (χ3v) is 4.23.